The van der Waals surface area contributed by atoms with Crippen LogP contribution in [0.25, 0.3) is 11.6 Å². The summed E-state index contributed by atoms with van der Waals surface area (Å²) in [6.07, 6.45) is 3.81. The lowest BCUT2D eigenvalue weighted by atomic mass is 10.0. The molecular formula is C12H13NO2. The third-order valence-corrected chi connectivity index (χ3v) is 2.05. The van der Waals surface area contributed by atoms with E-state index in [1.54, 1.807) is 12.1 Å². The van der Waals surface area contributed by atoms with E-state index in [2.05, 4.69) is 6.58 Å². The molecule has 3 nitrogen and oxygen atoms in total. The minimum Gasteiger partial charge on any atom is -0.258 e. The number of non-ortho nitro benzene ring substituents is 1. The lowest BCUT2D eigenvalue weighted by Crippen LogP contribution is -1.91. The highest BCUT2D eigenvalue weighted by molar-refractivity contribution is 5.73. The molecule has 0 atom stereocenters. The van der Waals surface area contributed by atoms with Crippen LogP contribution in [0.15, 0.2) is 30.9 Å². The summed E-state index contributed by atoms with van der Waals surface area (Å²) in [6, 6.07) is 4.79. The molecule has 1 aromatic rings. The van der Waals surface area contributed by atoms with Gasteiger partial charge in [-0.15, -0.1) is 0 Å². The summed E-state index contributed by atoms with van der Waals surface area (Å²) in [5.41, 5.74) is 2.70. The van der Waals surface area contributed by atoms with Gasteiger partial charge < -0.3 is 0 Å². The van der Waals surface area contributed by atoms with Crippen molar-refractivity contribution in [3.05, 3.63) is 52.1 Å². The van der Waals surface area contributed by atoms with Gasteiger partial charge in [0.05, 0.1) is 4.92 Å². The van der Waals surface area contributed by atoms with Crippen LogP contribution in [0.4, 0.5) is 5.69 Å². The van der Waals surface area contributed by atoms with Crippen LogP contribution < -0.4 is 0 Å². The summed E-state index contributed by atoms with van der Waals surface area (Å²) in [4.78, 5) is 10.2. The second kappa shape index (κ2) is 4.55. The predicted octanol–water partition coefficient (Wildman–Crippen LogP) is 3.66. The molecule has 0 saturated heterocycles. The van der Waals surface area contributed by atoms with Crippen molar-refractivity contribution in [2.24, 2.45) is 0 Å². The van der Waals surface area contributed by atoms with Crippen LogP contribution in [0.1, 0.15) is 25.0 Å². The summed E-state index contributed by atoms with van der Waals surface area (Å²) in [6.45, 7) is 7.56. The zero-order valence-corrected chi connectivity index (χ0v) is 8.86. The van der Waals surface area contributed by atoms with Gasteiger partial charge in [-0.3, -0.25) is 10.1 Å². The lowest BCUT2D eigenvalue weighted by molar-refractivity contribution is -0.384. The number of allylic oxidation sites excluding steroid dienone is 2. The minimum absolute atomic E-state index is 0.0984. The highest BCUT2D eigenvalue weighted by atomic mass is 16.6. The van der Waals surface area contributed by atoms with Gasteiger partial charge in [0, 0.05) is 12.1 Å². The largest absolute Gasteiger partial charge is 0.270 e. The average Bonchev–Trinajstić information content (AvgIpc) is 2.18. The molecule has 0 unspecified atom stereocenters. The molecule has 3 heteroatoms. The first-order chi connectivity index (χ1) is 7.06. The Bertz CT molecular complexity index is 433. The SMILES string of the molecule is C=C(C)c1cc([N+](=O)[O-])ccc1/C=C\C. The monoisotopic (exact) mass is 203 g/mol. The van der Waals surface area contributed by atoms with Crippen LogP contribution >= 0.6 is 0 Å². The molecule has 0 heterocycles. The van der Waals surface area contributed by atoms with Crippen LogP contribution in [0.3, 0.4) is 0 Å². The van der Waals surface area contributed by atoms with E-state index in [0.717, 1.165) is 16.7 Å². The Morgan fingerprint density at radius 3 is 2.67 bits per heavy atom. The molecule has 0 fully saturated rings. The second-order valence-electron chi connectivity index (χ2n) is 3.31. The molecule has 0 aliphatic heterocycles. The quantitative estimate of drug-likeness (QED) is 0.555. The van der Waals surface area contributed by atoms with Crippen molar-refractivity contribution in [2.75, 3.05) is 0 Å². The number of nitro groups is 1. The van der Waals surface area contributed by atoms with Gasteiger partial charge in [0.15, 0.2) is 0 Å². The van der Waals surface area contributed by atoms with E-state index in [4.69, 9.17) is 0 Å². The maximum Gasteiger partial charge on any atom is 0.270 e. The van der Waals surface area contributed by atoms with Gasteiger partial charge in [-0.2, -0.15) is 0 Å². The Labute approximate surface area is 88.9 Å². The maximum atomic E-state index is 10.6. The molecule has 0 aliphatic rings. The third kappa shape index (κ3) is 2.53. The zero-order chi connectivity index (χ0) is 11.4. The van der Waals surface area contributed by atoms with Gasteiger partial charge in [0.25, 0.3) is 5.69 Å². The molecule has 0 saturated carbocycles. The molecule has 0 aliphatic carbocycles. The fourth-order valence-electron chi connectivity index (χ4n) is 1.35. The normalized spacial score (nSPS) is 10.5. The highest BCUT2D eigenvalue weighted by Crippen LogP contribution is 2.24. The lowest BCUT2D eigenvalue weighted by Gasteiger charge is -2.04. The minimum atomic E-state index is -0.397. The first-order valence-corrected chi connectivity index (χ1v) is 4.63. The van der Waals surface area contributed by atoms with Crippen molar-refractivity contribution in [1.82, 2.24) is 0 Å². The van der Waals surface area contributed by atoms with Gasteiger partial charge in [0.2, 0.25) is 0 Å². The number of hydrogen-bond donors (Lipinski definition) is 0. The van der Waals surface area contributed by atoms with Crippen LogP contribution in [0, 0.1) is 10.1 Å². The van der Waals surface area contributed by atoms with E-state index in [0.29, 0.717) is 0 Å². The molecule has 0 radical (unpaired) electrons. The Morgan fingerprint density at radius 1 is 1.53 bits per heavy atom. The number of rotatable bonds is 3. The summed E-state index contributed by atoms with van der Waals surface area (Å²) in [5, 5.41) is 10.6. The number of benzene rings is 1. The van der Waals surface area contributed by atoms with Crippen LogP contribution in [0.5, 0.6) is 0 Å². The van der Waals surface area contributed by atoms with Crippen LogP contribution in [-0.2, 0) is 0 Å². The average molecular weight is 203 g/mol. The van der Waals surface area contributed by atoms with Gasteiger partial charge >= 0.3 is 0 Å². The fraction of sp³-hybridized carbons (Fsp3) is 0.167. The zero-order valence-electron chi connectivity index (χ0n) is 8.86. The Kier molecular flexibility index (Phi) is 3.39. The Balaban J connectivity index is 3.33. The van der Waals surface area contributed by atoms with E-state index in [1.807, 2.05) is 26.0 Å². The standard InChI is InChI=1S/C12H13NO2/c1-4-5-10-6-7-11(13(14)15)8-12(10)9(2)3/h4-8H,2H2,1,3H3/b5-4-. The molecule has 1 rings (SSSR count). The van der Waals surface area contributed by atoms with Crippen molar-refractivity contribution in [1.29, 1.82) is 0 Å². The van der Waals surface area contributed by atoms with Crippen LogP contribution in [-0.4, -0.2) is 4.92 Å². The summed E-state index contributed by atoms with van der Waals surface area (Å²) >= 11 is 0. The number of nitro benzene ring substituents is 1. The summed E-state index contributed by atoms with van der Waals surface area (Å²) in [7, 11) is 0. The van der Waals surface area contributed by atoms with Crippen molar-refractivity contribution < 1.29 is 4.92 Å². The van der Waals surface area contributed by atoms with E-state index < -0.39 is 4.92 Å². The molecule has 15 heavy (non-hydrogen) atoms. The Hall–Kier alpha value is -1.90. The molecule has 0 N–H and O–H groups in total. The van der Waals surface area contributed by atoms with Gasteiger partial charge in [-0.1, -0.05) is 24.3 Å². The van der Waals surface area contributed by atoms with E-state index >= 15 is 0 Å². The van der Waals surface area contributed by atoms with Crippen molar-refractivity contribution >= 4 is 17.3 Å². The van der Waals surface area contributed by atoms with Crippen molar-refractivity contribution in [3.8, 4) is 0 Å². The van der Waals surface area contributed by atoms with Crippen molar-refractivity contribution in [2.45, 2.75) is 13.8 Å². The van der Waals surface area contributed by atoms with Crippen molar-refractivity contribution in [3.63, 3.8) is 0 Å². The maximum absolute atomic E-state index is 10.6. The highest BCUT2D eigenvalue weighted by Gasteiger charge is 2.09. The van der Waals surface area contributed by atoms with E-state index in [9.17, 15) is 10.1 Å². The smallest absolute Gasteiger partial charge is 0.258 e. The second-order valence-corrected chi connectivity index (χ2v) is 3.31. The van der Waals surface area contributed by atoms with E-state index in [1.165, 1.54) is 6.07 Å². The molecular weight excluding hydrogens is 190 g/mol. The first-order valence-electron chi connectivity index (χ1n) is 4.63. The third-order valence-electron chi connectivity index (χ3n) is 2.05. The molecule has 0 bridgehead atoms. The van der Waals surface area contributed by atoms with Crippen LogP contribution in [0.2, 0.25) is 0 Å². The topological polar surface area (TPSA) is 43.1 Å². The van der Waals surface area contributed by atoms with Gasteiger partial charge in [0.1, 0.15) is 0 Å². The molecule has 0 amide bonds. The summed E-state index contributed by atoms with van der Waals surface area (Å²) in [5.74, 6) is 0. The van der Waals surface area contributed by atoms with Gasteiger partial charge in [-0.05, 0) is 31.0 Å². The molecule has 0 aromatic heterocycles. The molecule has 0 spiro atoms. The Morgan fingerprint density at radius 2 is 2.20 bits per heavy atom. The number of hydrogen-bond acceptors (Lipinski definition) is 2. The summed E-state index contributed by atoms with van der Waals surface area (Å²) < 4.78 is 0. The molecule has 1 aromatic carbocycles. The first kappa shape index (κ1) is 11.2. The van der Waals surface area contributed by atoms with Gasteiger partial charge in [-0.25, -0.2) is 0 Å². The number of nitrogens with zero attached hydrogens (tertiary/aromatic N) is 1. The molecule has 78 valence electrons. The fourth-order valence-corrected chi connectivity index (χ4v) is 1.35. The van der Waals surface area contributed by atoms with E-state index in [-0.39, 0.29) is 5.69 Å². The predicted molar refractivity (Wildman–Crippen MR) is 62.5 cm³/mol.